The molecule has 1 aliphatic heterocycles. The lowest BCUT2D eigenvalue weighted by Crippen LogP contribution is -2.37. The Morgan fingerprint density at radius 1 is 1.41 bits per heavy atom. The van der Waals surface area contributed by atoms with Crippen molar-refractivity contribution in [2.24, 2.45) is 5.92 Å². The lowest BCUT2D eigenvalue weighted by molar-refractivity contribution is 0.0700. The predicted octanol–water partition coefficient (Wildman–Crippen LogP) is 2.31. The smallest absolute Gasteiger partial charge is 0.274 e. The average molecular weight is 301 g/mol. The van der Waals surface area contributed by atoms with E-state index in [1.807, 2.05) is 17.0 Å². The summed E-state index contributed by atoms with van der Waals surface area (Å²) in [5, 5.41) is 7.05. The monoisotopic (exact) mass is 301 g/mol. The summed E-state index contributed by atoms with van der Waals surface area (Å²) in [6.07, 6.45) is 4.83. The highest BCUT2D eigenvalue weighted by Crippen LogP contribution is 2.30. The maximum atomic E-state index is 12.8. The number of furan rings is 1. The second kappa shape index (κ2) is 5.61. The van der Waals surface area contributed by atoms with Gasteiger partial charge in [0.15, 0.2) is 11.5 Å². The number of hydrogen-bond donors (Lipinski definition) is 1. The molecule has 0 radical (unpaired) electrons. The topological polar surface area (TPSA) is 71.4 Å². The van der Waals surface area contributed by atoms with Gasteiger partial charge in [0.25, 0.3) is 5.91 Å². The van der Waals surface area contributed by atoms with Gasteiger partial charge in [0.05, 0.1) is 12.9 Å². The van der Waals surface area contributed by atoms with Crippen molar-refractivity contribution in [3.8, 4) is 11.5 Å². The van der Waals surface area contributed by atoms with Crippen LogP contribution in [0.1, 0.15) is 29.8 Å². The number of ether oxygens (including phenoxy) is 1. The van der Waals surface area contributed by atoms with Gasteiger partial charge in [-0.3, -0.25) is 9.89 Å². The van der Waals surface area contributed by atoms with E-state index in [1.54, 1.807) is 12.3 Å². The van der Waals surface area contributed by atoms with Gasteiger partial charge in [-0.1, -0.05) is 0 Å². The Kier molecular flexibility index (Phi) is 3.46. The molecule has 0 aromatic carbocycles. The Morgan fingerprint density at radius 2 is 2.32 bits per heavy atom. The number of carbonyl (C=O) groups is 1. The number of nitrogens with zero attached hydrogens (tertiary/aromatic N) is 2. The quantitative estimate of drug-likeness (QED) is 0.920. The highest BCUT2D eigenvalue weighted by molar-refractivity contribution is 5.93. The molecule has 6 heteroatoms. The molecule has 1 N–H and O–H groups in total. The number of hydrogen-bond acceptors (Lipinski definition) is 4. The molecule has 1 saturated heterocycles. The van der Waals surface area contributed by atoms with Crippen LogP contribution in [0.2, 0.25) is 0 Å². The van der Waals surface area contributed by atoms with Crippen LogP contribution in [-0.4, -0.2) is 46.8 Å². The van der Waals surface area contributed by atoms with Crippen molar-refractivity contribution in [3.63, 3.8) is 0 Å². The van der Waals surface area contributed by atoms with Crippen LogP contribution in [0.4, 0.5) is 0 Å². The predicted molar refractivity (Wildman–Crippen MR) is 79.3 cm³/mol. The fourth-order valence-corrected chi connectivity index (χ4v) is 2.93. The van der Waals surface area contributed by atoms with Gasteiger partial charge in [0.1, 0.15) is 5.69 Å². The molecule has 6 nitrogen and oxygen atoms in total. The van der Waals surface area contributed by atoms with Crippen molar-refractivity contribution >= 4 is 5.91 Å². The Labute approximate surface area is 128 Å². The van der Waals surface area contributed by atoms with Crippen molar-refractivity contribution in [2.75, 3.05) is 19.8 Å². The molecular weight excluding hydrogens is 282 g/mol. The zero-order chi connectivity index (χ0) is 14.9. The van der Waals surface area contributed by atoms with Crippen molar-refractivity contribution < 1.29 is 13.9 Å². The van der Waals surface area contributed by atoms with Crippen LogP contribution in [0.3, 0.4) is 0 Å². The highest BCUT2D eigenvalue weighted by atomic mass is 16.5. The molecule has 1 aliphatic carbocycles. The minimum absolute atomic E-state index is 0.00320. The number of H-pyrrole nitrogens is 1. The van der Waals surface area contributed by atoms with Crippen molar-refractivity contribution in [1.82, 2.24) is 15.1 Å². The lowest BCUT2D eigenvalue weighted by atomic mass is 10.1. The van der Waals surface area contributed by atoms with E-state index in [0.717, 1.165) is 44.7 Å². The second-order valence-electron chi connectivity index (χ2n) is 6.06. The summed E-state index contributed by atoms with van der Waals surface area (Å²) < 4.78 is 10.8. The third kappa shape index (κ3) is 2.66. The molecule has 1 amide bonds. The van der Waals surface area contributed by atoms with E-state index in [0.29, 0.717) is 23.4 Å². The van der Waals surface area contributed by atoms with Crippen LogP contribution in [0.5, 0.6) is 0 Å². The third-order valence-corrected chi connectivity index (χ3v) is 4.31. The Bertz CT molecular complexity index is 639. The third-order valence-electron chi connectivity index (χ3n) is 4.31. The first kappa shape index (κ1) is 13.6. The summed E-state index contributed by atoms with van der Waals surface area (Å²) in [5.74, 6) is 1.14. The first-order valence-corrected chi connectivity index (χ1v) is 7.79. The van der Waals surface area contributed by atoms with E-state index >= 15 is 0 Å². The van der Waals surface area contributed by atoms with E-state index in [4.69, 9.17) is 9.15 Å². The largest absolute Gasteiger partial charge is 0.463 e. The maximum absolute atomic E-state index is 12.8. The molecule has 3 heterocycles. The standard InChI is InChI=1S/C16H19N3O3/c20-16(14-8-13(17-18-14)15-2-1-6-22-15)19(12-3-4-12)9-11-5-7-21-10-11/h1-2,6,8,11-12H,3-5,7,9-10H2,(H,17,18)/t11-/m0/s1. The SMILES string of the molecule is O=C(c1cc(-c2ccco2)[nH]n1)N(C[C@@H]1CCOC1)C1CC1. The number of aromatic amines is 1. The van der Waals surface area contributed by atoms with E-state index in [2.05, 4.69) is 10.2 Å². The van der Waals surface area contributed by atoms with Gasteiger partial charge in [-0.25, -0.2) is 0 Å². The minimum Gasteiger partial charge on any atom is -0.463 e. The molecule has 0 bridgehead atoms. The molecule has 2 fully saturated rings. The molecule has 2 aromatic rings. The van der Waals surface area contributed by atoms with Gasteiger partial charge < -0.3 is 14.1 Å². The van der Waals surface area contributed by atoms with E-state index in [9.17, 15) is 4.79 Å². The van der Waals surface area contributed by atoms with Crippen LogP contribution < -0.4 is 0 Å². The fourth-order valence-electron chi connectivity index (χ4n) is 2.93. The Hall–Kier alpha value is -2.08. The zero-order valence-electron chi connectivity index (χ0n) is 12.3. The van der Waals surface area contributed by atoms with Crippen LogP contribution in [0, 0.1) is 5.92 Å². The van der Waals surface area contributed by atoms with Crippen LogP contribution in [0.15, 0.2) is 28.9 Å². The molecule has 1 atom stereocenters. The number of carbonyl (C=O) groups excluding carboxylic acids is 1. The molecule has 0 unspecified atom stereocenters. The summed E-state index contributed by atoms with van der Waals surface area (Å²) >= 11 is 0. The summed E-state index contributed by atoms with van der Waals surface area (Å²) in [4.78, 5) is 14.7. The van der Waals surface area contributed by atoms with Crippen molar-refractivity contribution in [1.29, 1.82) is 0 Å². The van der Waals surface area contributed by atoms with E-state index < -0.39 is 0 Å². The van der Waals surface area contributed by atoms with Crippen molar-refractivity contribution in [2.45, 2.75) is 25.3 Å². The number of nitrogens with one attached hydrogen (secondary N) is 1. The average Bonchev–Trinajstić information content (AvgIpc) is 3.01. The van der Waals surface area contributed by atoms with Crippen LogP contribution in [-0.2, 0) is 4.74 Å². The number of rotatable bonds is 5. The van der Waals surface area contributed by atoms with Gasteiger partial charge in [0, 0.05) is 31.2 Å². The molecule has 2 aromatic heterocycles. The Morgan fingerprint density at radius 3 is 3.00 bits per heavy atom. The first-order chi connectivity index (χ1) is 10.8. The van der Waals surface area contributed by atoms with Gasteiger partial charge in [-0.05, 0) is 31.4 Å². The summed E-state index contributed by atoms with van der Waals surface area (Å²) in [6, 6.07) is 5.79. The normalized spacial score (nSPS) is 21.2. The van der Waals surface area contributed by atoms with Crippen LogP contribution >= 0.6 is 0 Å². The summed E-state index contributed by atoms with van der Waals surface area (Å²) in [7, 11) is 0. The molecule has 0 spiro atoms. The number of amides is 1. The highest BCUT2D eigenvalue weighted by Gasteiger charge is 2.36. The van der Waals surface area contributed by atoms with Gasteiger partial charge in [-0.2, -0.15) is 5.10 Å². The van der Waals surface area contributed by atoms with Gasteiger partial charge in [-0.15, -0.1) is 0 Å². The maximum Gasteiger partial charge on any atom is 0.274 e. The molecule has 4 rings (SSSR count). The van der Waals surface area contributed by atoms with E-state index in [-0.39, 0.29) is 5.91 Å². The molecule has 1 saturated carbocycles. The van der Waals surface area contributed by atoms with Crippen molar-refractivity contribution in [3.05, 3.63) is 30.2 Å². The van der Waals surface area contributed by atoms with Gasteiger partial charge in [0.2, 0.25) is 0 Å². The summed E-state index contributed by atoms with van der Waals surface area (Å²) in [5.41, 5.74) is 1.19. The summed E-state index contributed by atoms with van der Waals surface area (Å²) in [6.45, 7) is 2.34. The molecule has 22 heavy (non-hydrogen) atoms. The Balaban J connectivity index is 1.51. The minimum atomic E-state index is 0.00320. The fraction of sp³-hybridized carbons (Fsp3) is 0.500. The lowest BCUT2D eigenvalue weighted by Gasteiger charge is -2.24. The first-order valence-electron chi connectivity index (χ1n) is 7.79. The molecule has 2 aliphatic rings. The zero-order valence-corrected chi connectivity index (χ0v) is 12.3. The van der Waals surface area contributed by atoms with E-state index in [1.165, 1.54) is 0 Å². The molecule has 116 valence electrons. The number of aromatic nitrogens is 2. The second-order valence-corrected chi connectivity index (χ2v) is 6.06. The molecular formula is C16H19N3O3. The van der Waals surface area contributed by atoms with Crippen LogP contribution in [0.25, 0.3) is 11.5 Å². The van der Waals surface area contributed by atoms with Gasteiger partial charge >= 0.3 is 0 Å².